The van der Waals surface area contributed by atoms with Crippen LogP contribution in [0.3, 0.4) is 0 Å². The molecule has 2 aromatic carbocycles. The normalized spacial score (nSPS) is 15.1. The van der Waals surface area contributed by atoms with Gasteiger partial charge in [-0.15, -0.1) is 11.3 Å². The van der Waals surface area contributed by atoms with E-state index in [1.165, 1.54) is 33.0 Å². The van der Waals surface area contributed by atoms with Crippen LogP contribution in [0.2, 0.25) is 0 Å². The highest BCUT2D eigenvalue weighted by Crippen LogP contribution is 2.43. The SMILES string of the molecule is COc1cccc(/C=c2\sc3n(c2=O)C(N)=C(C#N)[C@H](c2cccc(OC)c2OC)C=3C#N)c1OC. The topological polar surface area (TPSA) is 133 Å². The number of methoxy groups -OCH3 is 4. The molecule has 1 atom stereocenters. The zero-order chi connectivity index (χ0) is 26.0. The minimum atomic E-state index is -0.845. The zero-order valence-corrected chi connectivity index (χ0v) is 20.8. The molecular weight excluding hydrogens is 480 g/mol. The van der Waals surface area contributed by atoms with Gasteiger partial charge in [0.15, 0.2) is 23.0 Å². The van der Waals surface area contributed by atoms with Crippen LogP contribution in [-0.4, -0.2) is 33.0 Å². The number of thiazole rings is 1. The summed E-state index contributed by atoms with van der Waals surface area (Å²) in [6.45, 7) is 0. The van der Waals surface area contributed by atoms with Crippen LogP contribution in [0.4, 0.5) is 0 Å². The monoisotopic (exact) mass is 502 g/mol. The molecule has 0 bridgehead atoms. The lowest BCUT2D eigenvalue weighted by Gasteiger charge is -2.24. The van der Waals surface area contributed by atoms with Crippen LogP contribution in [0.1, 0.15) is 17.0 Å². The molecule has 9 nitrogen and oxygen atoms in total. The van der Waals surface area contributed by atoms with Crippen molar-refractivity contribution in [1.82, 2.24) is 4.57 Å². The Balaban J connectivity index is 2.08. The second kappa shape index (κ2) is 9.90. The highest BCUT2D eigenvalue weighted by Gasteiger charge is 2.34. The molecule has 36 heavy (non-hydrogen) atoms. The van der Waals surface area contributed by atoms with Gasteiger partial charge in [-0.05, 0) is 18.2 Å². The summed E-state index contributed by atoms with van der Waals surface area (Å²) < 4.78 is 23.7. The standard InChI is InChI=1S/C26H22N4O5S/c1-32-18-9-5-7-14(22(18)34-3)11-20-25(31)30-24(29)16(12-27)21(17(13-28)26(30)36-20)15-8-6-10-19(33-2)23(15)35-4/h5-11,21H,29H2,1-4H3/b20-11-/t21-/m0/s1. The molecule has 0 saturated heterocycles. The molecule has 0 spiro atoms. The van der Waals surface area contributed by atoms with E-state index in [9.17, 15) is 15.3 Å². The van der Waals surface area contributed by atoms with Crippen LogP contribution < -0.4 is 39.4 Å². The molecule has 1 aliphatic rings. The second-order valence-electron chi connectivity index (χ2n) is 7.59. The summed E-state index contributed by atoms with van der Waals surface area (Å²) in [5.74, 6) is 0.894. The van der Waals surface area contributed by atoms with Gasteiger partial charge in [0.1, 0.15) is 10.5 Å². The summed E-state index contributed by atoms with van der Waals surface area (Å²) >= 11 is 1.10. The molecule has 0 aliphatic carbocycles. The number of fused-ring (bicyclic) bond motifs is 1. The first-order valence-electron chi connectivity index (χ1n) is 10.6. The molecule has 1 aliphatic heterocycles. The number of rotatable bonds is 6. The molecule has 0 unspecified atom stereocenters. The van der Waals surface area contributed by atoms with Crippen molar-refractivity contribution in [2.45, 2.75) is 5.92 Å². The van der Waals surface area contributed by atoms with Gasteiger partial charge in [0.2, 0.25) is 0 Å². The Morgan fingerprint density at radius 3 is 2.11 bits per heavy atom. The minimum absolute atomic E-state index is 0.0418. The van der Waals surface area contributed by atoms with Crippen molar-refractivity contribution in [3.8, 4) is 35.1 Å². The number of aromatic nitrogens is 1. The number of benzene rings is 2. The van der Waals surface area contributed by atoms with E-state index in [-0.39, 0.29) is 17.0 Å². The van der Waals surface area contributed by atoms with Gasteiger partial charge in [0.05, 0.1) is 62.2 Å². The van der Waals surface area contributed by atoms with Crippen LogP contribution in [0.5, 0.6) is 23.0 Å². The Morgan fingerprint density at radius 1 is 0.917 bits per heavy atom. The maximum atomic E-state index is 13.5. The average molecular weight is 503 g/mol. The van der Waals surface area contributed by atoms with E-state index >= 15 is 0 Å². The van der Waals surface area contributed by atoms with Gasteiger partial charge in [-0.25, -0.2) is 0 Å². The van der Waals surface area contributed by atoms with E-state index in [2.05, 4.69) is 12.1 Å². The van der Waals surface area contributed by atoms with Crippen LogP contribution in [-0.2, 0) is 0 Å². The predicted molar refractivity (Wildman–Crippen MR) is 135 cm³/mol. The van der Waals surface area contributed by atoms with E-state index in [1.54, 1.807) is 42.5 Å². The lowest BCUT2D eigenvalue weighted by atomic mass is 9.84. The Bertz CT molecular complexity index is 1650. The van der Waals surface area contributed by atoms with Crippen LogP contribution in [0.25, 0.3) is 17.5 Å². The summed E-state index contributed by atoms with van der Waals surface area (Å²) in [6, 6.07) is 14.8. The fourth-order valence-corrected chi connectivity index (χ4v) is 5.39. The number of nitrogens with zero attached hydrogens (tertiary/aromatic N) is 3. The van der Waals surface area contributed by atoms with Gasteiger partial charge in [-0.1, -0.05) is 24.3 Å². The van der Waals surface area contributed by atoms with E-state index in [0.717, 1.165) is 11.3 Å². The summed E-state index contributed by atoms with van der Waals surface area (Å²) in [5.41, 5.74) is 7.35. The van der Waals surface area contributed by atoms with Crippen molar-refractivity contribution in [2.24, 2.45) is 5.73 Å². The number of para-hydroxylation sites is 2. The van der Waals surface area contributed by atoms with E-state index in [1.807, 2.05) is 0 Å². The Morgan fingerprint density at radius 2 is 1.53 bits per heavy atom. The molecule has 0 radical (unpaired) electrons. The first-order chi connectivity index (χ1) is 17.4. The first-order valence-corrected chi connectivity index (χ1v) is 11.5. The number of allylic oxidation sites excluding steroid dienone is 1. The Hall–Kier alpha value is -4.67. The summed E-state index contributed by atoms with van der Waals surface area (Å²) in [4.78, 5) is 13.5. The molecule has 182 valence electrons. The number of hydrogen-bond acceptors (Lipinski definition) is 9. The quantitative estimate of drug-likeness (QED) is 0.540. The van der Waals surface area contributed by atoms with Gasteiger partial charge in [0, 0.05) is 11.1 Å². The average Bonchev–Trinajstić information content (AvgIpc) is 3.23. The molecule has 0 amide bonds. The van der Waals surface area contributed by atoms with Crippen molar-refractivity contribution in [3.05, 3.63) is 72.6 Å². The molecule has 4 rings (SSSR count). The van der Waals surface area contributed by atoms with Crippen molar-refractivity contribution in [3.63, 3.8) is 0 Å². The molecule has 10 heteroatoms. The number of ether oxygens (including phenoxy) is 4. The fraction of sp³-hybridized carbons (Fsp3) is 0.192. The third-order valence-corrected chi connectivity index (χ3v) is 6.96. The Labute approximate surface area is 210 Å². The van der Waals surface area contributed by atoms with Gasteiger partial charge in [-0.2, -0.15) is 10.5 Å². The van der Waals surface area contributed by atoms with Crippen LogP contribution >= 0.6 is 11.3 Å². The van der Waals surface area contributed by atoms with Gasteiger partial charge in [-0.3, -0.25) is 9.36 Å². The summed E-state index contributed by atoms with van der Waals surface area (Å²) in [7, 11) is 6.01. The fourth-order valence-electron chi connectivity index (χ4n) is 4.27. The molecular formula is C26H22N4O5S. The Kier molecular flexibility index (Phi) is 6.73. The van der Waals surface area contributed by atoms with Crippen molar-refractivity contribution in [2.75, 3.05) is 28.4 Å². The summed E-state index contributed by atoms with van der Waals surface area (Å²) in [6.07, 6.45) is 1.65. The maximum Gasteiger partial charge on any atom is 0.274 e. The zero-order valence-electron chi connectivity index (χ0n) is 20.0. The number of nitriles is 2. The van der Waals surface area contributed by atoms with Crippen molar-refractivity contribution in [1.29, 1.82) is 10.5 Å². The maximum absolute atomic E-state index is 13.5. The molecule has 3 aromatic rings. The summed E-state index contributed by atoms with van der Waals surface area (Å²) in [5, 5.41) is 20.3. The predicted octanol–water partition coefficient (Wildman–Crippen LogP) is 1.90. The molecule has 0 fully saturated rings. The molecule has 2 N–H and O–H groups in total. The van der Waals surface area contributed by atoms with E-state index in [4.69, 9.17) is 24.7 Å². The highest BCUT2D eigenvalue weighted by atomic mass is 32.1. The second-order valence-corrected chi connectivity index (χ2v) is 8.62. The third kappa shape index (κ3) is 3.74. The van der Waals surface area contributed by atoms with E-state index in [0.29, 0.717) is 43.3 Å². The van der Waals surface area contributed by atoms with Crippen molar-refractivity contribution < 1.29 is 18.9 Å². The first kappa shape index (κ1) is 24.5. The molecule has 0 saturated carbocycles. The molecule has 1 aromatic heterocycles. The van der Waals surface area contributed by atoms with Gasteiger partial charge < -0.3 is 24.7 Å². The highest BCUT2D eigenvalue weighted by molar-refractivity contribution is 7.07. The number of nitrogens with two attached hydrogens (primary N) is 1. The van der Waals surface area contributed by atoms with Crippen LogP contribution in [0.15, 0.2) is 46.8 Å². The lowest BCUT2D eigenvalue weighted by molar-refractivity contribution is 0.351. The van der Waals surface area contributed by atoms with Gasteiger partial charge in [0.25, 0.3) is 5.56 Å². The number of hydrogen-bond donors (Lipinski definition) is 1. The van der Waals surface area contributed by atoms with Crippen molar-refractivity contribution >= 4 is 28.8 Å². The largest absolute Gasteiger partial charge is 0.493 e. The van der Waals surface area contributed by atoms with Gasteiger partial charge >= 0.3 is 0 Å². The lowest BCUT2D eigenvalue weighted by Crippen LogP contribution is -2.38. The third-order valence-electron chi connectivity index (χ3n) is 5.85. The molecule has 2 heterocycles. The van der Waals surface area contributed by atoms with E-state index < -0.39 is 11.5 Å². The minimum Gasteiger partial charge on any atom is -0.493 e. The smallest absolute Gasteiger partial charge is 0.274 e. The van der Waals surface area contributed by atoms with Crippen LogP contribution in [0, 0.1) is 22.7 Å².